The summed E-state index contributed by atoms with van der Waals surface area (Å²) >= 11 is 0. The number of ether oxygens (including phenoxy) is 1. The fraction of sp³-hybridized carbons (Fsp3) is 0.357. The molecule has 0 bridgehead atoms. The van der Waals surface area contributed by atoms with Gasteiger partial charge in [-0.1, -0.05) is 42.5 Å². The standard InChI is InChI=1S/C14H18O3/c1-3-4-10-12(14(16)17-2)13(15)11-8-6-5-7-9-11/h3-9,12-13,15H,10H2,1-2H3/b4-3+/t12-,13+/m1/s1. The topological polar surface area (TPSA) is 46.5 Å². The average molecular weight is 234 g/mol. The van der Waals surface area contributed by atoms with Crippen molar-refractivity contribution in [3.05, 3.63) is 48.0 Å². The zero-order valence-corrected chi connectivity index (χ0v) is 10.2. The van der Waals surface area contributed by atoms with Gasteiger partial charge in [0.15, 0.2) is 0 Å². The Kier molecular flexibility index (Phi) is 5.43. The van der Waals surface area contributed by atoms with Crippen LogP contribution in [0, 0.1) is 5.92 Å². The van der Waals surface area contributed by atoms with Crippen LogP contribution in [0.25, 0.3) is 0 Å². The normalized spacial score (nSPS) is 14.5. The van der Waals surface area contributed by atoms with Crippen molar-refractivity contribution in [3.63, 3.8) is 0 Å². The number of hydrogen-bond acceptors (Lipinski definition) is 3. The molecule has 2 atom stereocenters. The van der Waals surface area contributed by atoms with Crippen molar-refractivity contribution in [3.8, 4) is 0 Å². The number of allylic oxidation sites excluding steroid dienone is 2. The molecule has 1 aromatic carbocycles. The molecule has 0 saturated heterocycles. The Bertz CT molecular complexity index is 370. The molecule has 0 saturated carbocycles. The number of hydrogen-bond donors (Lipinski definition) is 1. The maximum atomic E-state index is 11.6. The Labute approximate surface area is 102 Å². The molecule has 0 amide bonds. The second kappa shape index (κ2) is 6.86. The Morgan fingerprint density at radius 1 is 1.41 bits per heavy atom. The van der Waals surface area contributed by atoms with Crippen molar-refractivity contribution >= 4 is 5.97 Å². The summed E-state index contributed by atoms with van der Waals surface area (Å²) < 4.78 is 4.72. The number of rotatable bonds is 5. The number of esters is 1. The van der Waals surface area contributed by atoms with Gasteiger partial charge in [-0.3, -0.25) is 4.79 Å². The van der Waals surface area contributed by atoms with Crippen LogP contribution < -0.4 is 0 Å². The summed E-state index contributed by atoms with van der Waals surface area (Å²) in [6.45, 7) is 1.88. The molecule has 3 nitrogen and oxygen atoms in total. The molecule has 1 rings (SSSR count). The highest BCUT2D eigenvalue weighted by Crippen LogP contribution is 2.26. The molecule has 1 aromatic rings. The van der Waals surface area contributed by atoms with Gasteiger partial charge in [-0.25, -0.2) is 0 Å². The zero-order valence-electron chi connectivity index (χ0n) is 10.2. The van der Waals surface area contributed by atoms with Crippen LogP contribution in [0.15, 0.2) is 42.5 Å². The Balaban J connectivity index is 2.86. The van der Waals surface area contributed by atoms with Gasteiger partial charge >= 0.3 is 5.97 Å². The SMILES string of the molecule is C/C=C/C[C@@H](C(=O)OC)[C@@H](O)c1ccccc1. The molecule has 17 heavy (non-hydrogen) atoms. The molecule has 0 heterocycles. The second-order valence-electron chi connectivity index (χ2n) is 3.79. The first-order chi connectivity index (χ1) is 8.20. The number of benzene rings is 1. The Hall–Kier alpha value is -1.61. The number of carbonyl (C=O) groups excluding carboxylic acids is 1. The highest BCUT2D eigenvalue weighted by Gasteiger charge is 2.27. The summed E-state index contributed by atoms with van der Waals surface area (Å²) in [6.07, 6.45) is 3.35. The summed E-state index contributed by atoms with van der Waals surface area (Å²) in [7, 11) is 1.34. The Morgan fingerprint density at radius 2 is 2.06 bits per heavy atom. The minimum Gasteiger partial charge on any atom is -0.469 e. The van der Waals surface area contributed by atoms with Gasteiger partial charge in [-0.05, 0) is 18.9 Å². The van der Waals surface area contributed by atoms with Gasteiger partial charge in [-0.2, -0.15) is 0 Å². The third kappa shape index (κ3) is 3.71. The lowest BCUT2D eigenvalue weighted by Crippen LogP contribution is -2.23. The van der Waals surface area contributed by atoms with Gasteiger partial charge in [0.05, 0.1) is 19.1 Å². The molecule has 0 aliphatic carbocycles. The Morgan fingerprint density at radius 3 is 2.59 bits per heavy atom. The number of carbonyl (C=O) groups is 1. The predicted molar refractivity (Wildman–Crippen MR) is 66.3 cm³/mol. The largest absolute Gasteiger partial charge is 0.469 e. The third-order valence-electron chi connectivity index (χ3n) is 2.65. The second-order valence-corrected chi connectivity index (χ2v) is 3.79. The summed E-state index contributed by atoms with van der Waals surface area (Å²) in [5.74, 6) is -0.946. The van der Waals surface area contributed by atoms with E-state index in [9.17, 15) is 9.90 Å². The maximum Gasteiger partial charge on any atom is 0.311 e. The summed E-state index contributed by atoms with van der Waals surface area (Å²) in [5, 5.41) is 10.2. The smallest absolute Gasteiger partial charge is 0.311 e. The van der Waals surface area contributed by atoms with Crippen LogP contribution in [0.1, 0.15) is 25.0 Å². The fourth-order valence-electron chi connectivity index (χ4n) is 1.67. The predicted octanol–water partition coefficient (Wildman–Crippen LogP) is 2.48. The number of aliphatic hydroxyl groups is 1. The highest BCUT2D eigenvalue weighted by molar-refractivity contribution is 5.73. The van der Waals surface area contributed by atoms with Crippen LogP contribution in [-0.2, 0) is 9.53 Å². The van der Waals surface area contributed by atoms with E-state index in [0.717, 1.165) is 5.56 Å². The first-order valence-electron chi connectivity index (χ1n) is 5.62. The van der Waals surface area contributed by atoms with E-state index in [0.29, 0.717) is 6.42 Å². The lowest BCUT2D eigenvalue weighted by molar-refractivity contribution is -0.149. The number of methoxy groups -OCH3 is 1. The summed E-state index contributed by atoms with van der Waals surface area (Å²) in [4.78, 5) is 11.6. The van der Waals surface area contributed by atoms with Crippen LogP contribution in [0.5, 0.6) is 0 Å². The van der Waals surface area contributed by atoms with E-state index in [1.54, 1.807) is 12.1 Å². The molecule has 92 valence electrons. The van der Waals surface area contributed by atoms with Crippen molar-refractivity contribution in [2.45, 2.75) is 19.4 Å². The summed E-state index contributed by atoms with van der Waals surface area (Å²) in [5.41, 5.74) is 0.729. The van der Waals surface area contributed by atoms with Gasteiger partial charge in [-0.15, -0.1) is 0 Å². The van der Waals surface area contributed by atoms with E-state index in [2.05, 4.69) is 0 Å². The summed E-state index contributed by atoms with van der Waals surface area (Å²) in [6, 6.07) is 9.15. The molecule has 0 radical (unpaired) electrons. The highest BCUT2D eigenvalue weighted by atomic mass is 16.5. The quantitative estimate of drug-likeness (QED) is 0.629. The van der Waals surface area contributed by atoms with Gasteiger partial charge in [0.25, 0.3) is 0 Å². The van der Waals surface area contributed by atoms with E-state index in [4.69, 9.17) is 4.74 Å². The van der Waals surface area contributed by atoms with Crippen molar-refractivity contribution in [2.24, 2.45) is 5.92 Å². The van der Waals surface area contributed by atoms with E-state index < -0.39 is 12.0 Å². The van der Waals surface area contributed by atoms with Crippen LogP contribution in [0.2, 0.25) is 0 Å². The minimum absolute atomic E-state index is 0.389. The van der Waals surface area contributed by atoms with Crippen LogP contribution in [0.3, 0.4) is 0 Å². The molecule has 0 spiro atoms. The van der Waals surface area contributed by atoms with Gasteiger partial charge in [0.1, 0.15) is 0 Å². The van der Waals surface area contributed by atoms with Crippen LogP contribution in [0.4, 0.5) is 0 Å². The monoisotopic (exact) mass is 234 g/mol. The number of aliphatic hydroxyl groups excluding tert-OH is 1. The lowest BCUT2D eigenvalue weighted by Gasteiger charge is -2.19. The van der Waals surface area contributed by atoms with Gasteiger partial charge < -0.3 is 9.84 Å². The lowest BCUT2D eigenvalue weighted by atomic mass is 9.93. The first kappa shape index (κ1) is 13.5. The molecule has 0 aliphatic heterocycles. The molecule has 3 heteroatoms. The molecule has 0 aromatic heterocycles. The molecular weight excluding hydrogens is 216 g/mol. The zero-order chi connectivity index (χ0) is 12.7. The van der Waals surface area contributed by atoms with Crippen molar-refractivity contribution in [2.75, 3.05) is 7.11 Å². The van der Waals surface area contributed by atoms with E-state index in [1.807, 2.05) is 37.3 Å². The van der Waals surface area contributed by atoms with E-state index >= 15 is 0 Å². The molecule has 0 fully saturated rings. The van der Waals surface area contributed by atoms with Gasteiger partial charge in [0.2, 0.25) is 0 Å². The first-order valence-corrected chi connectivity index (χ1v) is 5.62. The van der Waals surface area contributed by atoms with Crippen molar-refractivity contribution < 1.29 is 14.6 Å². The maximum absolute atomic E-state index is 11.6. The van der Waals surface area contributed by atoms with E-state index in [-0.39, 0.29) is 5.97 Å². The third-order valence-corrected chi connectivity index (χ3v) is 2.65. The fourth-order valence-corrected chi connectivity index (χ4v) is 1.67. The minimum atomic E-state index is -0.833. The van der Waals surface area contributed by atoms with Gasteiger partial charge in [0, 0.05) is 0 Å². The van der Waals surface area contributed by atoms with Crippen LogP contribution in [-0.4, -0.2) is 18.2 Å². The molecule has 0 aliphatic rings. The average Bonchev–Trinajstić information content (AvgIpc) is 2.39. The van der Waals surface area contributed by atoms with Crippen molar-refractivity contribution in [1.29, 1.82) is 0 Å². The van der Waals surface area contributed by atoms with Crippen LogP contribution >= 0.6 is 0 Å². The molecular formula is C14H18O3. The van der Waals surface area contributed by atoms with E-state index in [1.165, 1.54) is 7.11 Å². The van der Waals surface area contributed by atoms with Crippen molar-refractivity contribution in [1.82, 2.24) is 0 Å². The molecule has 0 unspecified atom stereocenters. The molecule has 1 N–H and O–H groups in total.